The summed E-state index contributed by atoms with van der Waals surface area (Å²) in [5.41, 5.74) is 5.41. The van der Waals surface area contributed by atoms with Gasteiger partial charge in [-0.15, -0.1) is 0 Å². The fourth-order valence-electron chi connectivity index (χ4n) is 3.91. The van der Waals surface area contributed by atoms with Crippen molar-refractivity contribution in [1.82, 2.24) is 15.1 Å². The Hall–Kier alpha value is -4.39. The Morgan fingerprint density at radius 1 is 0.972 bits per heavy atom. The summed E-state index contributed by atoms with van der Waals surface area (Å²) < 4.78 is 7.22. The van der Waals surface area contributed by atoms with Crippen molar-refractivity contribution in [3.8, 4) is 22.6 Å². The van der Waals surface area contributed by atoms with Crippen LogP contribution in [0.3, 0.4) is 0 Å². The van der Waals surface area contributed by atoms with Gasteiger partial charge in [-0.2, -0.15) is 5.10 Å². The molecule has 0 aliphatic rings. The highest BCUT2D eigenvalue weighted by molar-refractivity contribution is 5.95. The van der Waals surface area contributed by atoms with Crippen LogP contribution in [-0.4, -0.2) is 32.9 Å². The highest BCUT2D eigenvalue weighted by Gasteiger charge is 2.18. The third kappa shape index (κ3) is 5.81. The zero-order valence-electron chi connectivity index (χ0n) is 20.3. The zero-order chi connectivity index (χ0) is 25.5. The van der Waals surface area contributed by atoms with Gasteiger partial charge in [-0.1, -0.05) is 67.9 Å². The minimum absolute atomic E-state index is 0.143. The molecule has 3 aromatic carbocycles. The first-order valence-corrected chi connectivity index (χ1v) is 12.0. The van der Waals surface area contributed by atoms with Gasteiger partial charge in [0.25, 0.3) is 5.91 Å². The lowest BCUT2D eigenvalue weighted by molar-refractivity contribution is -0.144. The largest absolute Gasteiger partial charge is 0.479 e. The number of nitrogens with one attached hydrogen (secondary N) is 1. The molecule has 1 heterocycles. The molecule has 4 aromatic rings. The summed E-state index contributed by atoms with van der Waals surface area (Å²) in [5, 5.41) is 16.5. The molecule has 36 heavy (non-hydrogen) atoms. The van der Waals surface area contributed by atoms with E-state index in [0.717, 1.165) is 40.9 Å². The summed E-state index contributed by atoms with van der Waals surface area (Å²) in [4.78, 5) is 23.9. The number of aliphatic carboxylic acids is 1. The first-order valence-electron chi connectivity index (χ1n) is 12.0. The van der Waals surface area contributed by atoms with E-state index in [4.69, 9.17) is 9.84 Å². The summed E-state index contributed by atoms with van der Waals surface area (Å²) in [7, 11) is 0. The molecule has 1 aromatic heterocycles. The Labute approximate surface area is 210 Å². The number of nitrogens with zero attached hydrogens (tertiary/aromatic N) is 2. The number of hydrogen-bond acceptors (Lipinski definition) is 4. The fourth-order valence-corrected chi connectivity index (χ4v) is 3.91. The fraction of sp³-hybridized carbons (Fsp3) is 0.207. The second-order valence-corrected chi connectivity index (χ2v) is 8.50. The number of hydrogen-bond donors (Lipinski definition) is 2. The van der Waals surface area contributed by atoms with Crippen LogP contribution in [0.15, 0.2) is 85.1 Å². The summed E-state index contributed by atoms with van der Waals surface area (Å²) in [6.45, 7) is 3.98. The van der Waals surface area contributed by atoms with Crippen LogP contribution in [0.25, 0.3) is 16.8 Å². The molecule has 0 bridgehead atoms. The molecule has 184 valence electrons. The van der Waals surface area contributed by atoms with Gasteiger partial charge in [0.15, 0.2) is 6.10 Å². The third-order valence-electron chi connectivity index (χ3n) is 5.86. The monoisotopic (exact) mass is 483 g/mol. The maximum Gasteiger partial charge on any atom is 0.344 e. The van der Waals surface area contributed by atoms with E-state index in [-0.39, 0.29) is 5.91 Å². The average molecular weight is 484 g/mol. The van der Waals surface area contributed by atoms with Gasteiger partial charge in [0, 0.05) is 6.54 Å². The van der Waals surface area contributed by atoms with Crippen molar-refractivity contribution in [3.05, 3.63) is 102 Å². The van der Waals surface area contributed by atoms with Crippen molar-refractivity contribution in [2.75, 3.05) is 0 Å². The van der Waals surface area contributed by atoms with Crippen LogP contribution in [0.2, 0.25) is 0 Å². The van der Waals surface area contributed by atoms with Gasteiger partial charge in [0.2, 0.25) is 0 Å². The number of ether oxygens (including phenoxy) is 1. The molecule has 0 aliphatic carbocycles. The lowest BCUT2D eigenvalue weighted by Gasteiger charge is -2.11. The SMILES string of the molecule is CCCc1c(C(=O)NCc2ccc(-c3ccc(OC(C)C(=O)O)cc3)cc2)cnn1-c1ccccc1. The standard InChI is InChI=1S/C29H29N3O4/c1-3-7-27-26(19-31-32(27)24-8-5-4-6-9-24)28(33)30-18-21-10-12-22(13-11-21)23-14-16-25(17-15-23)36-20(2)29(34)35/h4-6,8-17,19-20H,3,7,18H2,1-2H3,(H,30,33)(H,34,35). The van der Waals surface area contributed by atoms with Crippen LogP contribution in [0.4, 0.5) is 0 Å². The summed E-state index contributed by atoms with van der Waals surface area (Å²) in [6, 6.07) is 25.1. The van der Waals surface area contributed by atoms with Crippen molar-refractivity contribution >= 4 is 11.9 Å². The minimum Gasteiger partial charge on any atom is -0.479 e. The molecule has 7 heteroatoms. The van der Waals surface area contributed by atoms with Gasteiger partial charge >= 0.3 is 5.97 Å². The Morgan fingerprint density at radius 2 is 1.61 bits per heavy atom. The molecular formula is C29H29N3O4. The van der Waals surface area contributed by atoms with Crippen LogP contribution in [-0.2, 0) is 17.8 Å². The van der Waals surface area contributed by atoms with Gasteiger partial charge in [-0.05, 0) is 54.3 Å². The number of carboxylic acids is 1. The number of rotatable bonds is 10. The molecule has 2 N–H and O–H groups in total. The van der Waals surface area contributed by atoms with E-state index in [0.29, 0.717) is 17.9 Å². The summed E-state index contributed by atoms with van der Waals surface area (Å²) in [5.74, 6) is -0.643. The van der Waals surface area contributed by atoms with E-state index in [9.17, 15) is 9.59 Å². The summed E-state index contributed by atoms with van der Waals surface area (Å²) in [6.07, 6.45) is 2.40. The topological polar surface area (TPSA) is 93.4 Å². The van der Waals surface area contributed by atoms with E-state index < -0.39 is 12.1 Å². The number of carbonyl (C=O) groups is 2. The molecule has 0 fully saturated rings. The molecule has 0 aliphatic heterocycles. The van der Waals surface area contributed by atoms with Crippen molar-refractivity contribution < 1.29 is 19.4 Å². The van der Waals surface area contributed by atoms with Gasteiger partial charge in [-0.25, -0.2) is 9.48 Å². The van der Waals surface area contributed by atoms with Gasteiger partial charge in [0.1, 0.15) is 5.75 Å². The van der Waals surface area contributed by atoms with Crippen LogP contribution in [0.1, 0.15) is 41.9 Å². The van der Waals surface area contributed by atoms with Crippen LogP contribution < -0.4 is 10.1 Å². The van der Waals surface area contributed by atoms with E-state index in [1.165, 1.54) is 6.92 Å². The Balaban J connectivity index is 1.40. The smallest absolute Gasteiger partial charge is 0.344 e. The van der Waals surface area contributed by atoms with E-state index in [1.807, 2.05) is 71.4 Å². The van der Waals surface area contributed by atoms with Crippen molar-refractivity contribution in [2.45, 2.75) is 39.3 Å². The predicted molar refractivity (Wildman–Crippen MR) is 138 cm³/mol. The first-order chi connectivity index (χ1) is 17.5. The maximum absolute atomic E-state index is 13.0. The van der Waals surface area contributed by atoms with Gasteiger partial charge < -0.3 is 15.2 Å². The quantitative estimate of drug-likeness (QED) is 0.320. The van der Waals surface area contributed by atoms with Crippen LogP contribution >= 0.6 is 0 Å². The summed E-state index contributed by atoms with van der Waals surface area (Å²) >= 11 is 0. The number of aromatic nitrogens is 2. The van der Waals surface area contributed by atoms with Crippen LogP contribution in [0, 0.1) is 0 Å². The normalized spacial score (nSPS) is 11.6. The van der Waals surface area contributed by atoms with Crippen LogP contribution in [0.5, 0.6) is 5.75 Å². The molecule has 0 saturated heterocycles. The van der Waals surface area contributed by atoms with Crippen molar-refractivity contribution in [3.63, 3.8) is 0 Å². The number of carboxylic acid groups (broad SMARTS) is 1. The third-order valence-corrected chi connectivity index (χ3v) is 5.86. The van der Waals surface area contributed by atoms with E-state index in [2.05, 4.69) is 17.3 Å². The second-order valence-electron chi connectivity index (χ2n) is 8.50. The molecule has 0 radical (unpaired) electrons. The molecule has 0 saturated carbocycles. The number of amides is 1. The Kier molecular flexibility index (Phi) is 7.80. The number of benzene rings is 3. The van der Waals surface area contributed by atoms with Crippen molar-refractivity contribution in [2.24, 2.45) is 0 Å². The molecule has 7 nitrogen and oxygen atoms in total. The molecule has 1 atom stereocenters. The maximum atomic E-state index is 13.0. The molecule has 1 unspecified atom stereocenters. The molecule has 4 rings (SSSR count). The average Bonchev–Trinajstić information content (AvgIpc) is 3.32. The zero-order valence-corrected chi connectivity index (χ0v) is 20.3. The van der Waals surface area contributed by atoms with E-state index >= 15 is 0 Å². The first kappa shape index (κ1) is 24.7. The molecule has 1 amide bonds. The minimum atomic E-state index is -1.01. The van der Waals surface area contributed by atoms with E-state index in [1.54, 1.807) is 18.3 Å². The second kappa shape index (κ2) is 11.4. The number of carbonyl (C=O) groups excluding carboxylic acids is 1. The lowest BCUT2D eigenvalue weighted by atomic mass is 10.0. The Morgan fingerprint density at radius 3 is 2.22 bits per heavy atom. The highest BCUT2D eigenvalue weighted by Crippen LogP contribution is 2.24. The lowest BCUT2D eigenvalue weighted by Crippen LogP contribution is -2.23. The molecular weight excluding hydrogens is 454 g/mol. The van der Waals surface area contributed by atoms with Gasteiger partial charge in [-0.3, -0.25) is 4.79 Å². The predicted octanol–water partition coefficient (Wildman–Crippen LogP) is 5.27. The number of para-hydroxylation sites is 1. The van der Waals surface area contributed by atoms with Crippen molar-refractivity contribution in [1.29, 1.82) is 0 Å². The Bertz CT molecular complexity index is 1310. The van der Waals surface area contributed by atoms with Gasteiger partial charge in [0.05, 0.1) is 23.1 Å². The molecule has 0 spiro atoms. The highest BCUT2D eigenvalue weighted by atomic mass is 16.5.